The zero-order valence-corrected chi connectivity index (χ0v) is 11.9. The molecule has 2 rings (SSSR count). The molecule has 1 fully saturated rings. The van der Waals surface area contributed by atoms with Crippen molar-refractivity contribution < 1.29 is 4.39 Å². The summed E-state index contributed by atoms with van der Waals surface area (Å²) in [5, 5.41) is 3.60. The van der Waals surface area contributed by atoms with Crippen molar-refractivity contribution in [3.05, 3.63) is 35.6 Å². The lowest BCUT2D eigenvalue weighted by Gasteiger charge is -2.32. The van der Waals surface area contributed by atoms with Gasteiger partial charge in [0.05, 0.1) is 0 Å². The third kappa shape index (κ3) is 4.92. The van der Waals surface area contributed by atoms with E-state index in [1.54, 1.807) is 12.1 Å². The van der Waals surface area contributed by atoms with Crippen molar-refractivity contribution in [1.29, 1.82) is 0 Å². The summed E-state index contributed by atoms with van der Waals surface area (Å²) < 4.78 is 12.8. The van der Waals surface area contributed by atoms with Gasteiger partial charge in [-0.3, -0.25) is 0 Å². The topological polar surface area (TPSA) is 15.3 Å². The Morgan fingerprint density at radius 3 is 2.53 bits per heavy atom. The van der Waals surface area contributed by atoms with Gasteiger partial charge >= 0.3 is 0 Å². The second kappa shape index (κ2) is 7.61. The Labute approximate surface area is 116 Å². The molecule has 1 N–H and O–H groups in total. The van der Waals surface area contributed by atoms with Gasteiger partial charge in [0.1, 0.15) is 5.82 Å². The van der Waals surface area contributed by atoms with Crippen LogP contribution in [0.1, 0.15) is 31.7 Å². The van der Waals surface area contributed by atoms with Crippen LogP contribution in [0.5, 0.6) is 0 Å². The first-order chi connectivity index (χ1) is 9.28. The van der Waals surface area contributed by atoms with Crippen LogP contribution in [0, 0.1) is 5.82 Å². The summed E-state index contributed by atoms with van der Waals surface area (Å²) in [6.45, 7) is 6.81. The Kier molecular flexibility index (Phi) is 5.80. The minimum Gasteiger partial charge on any atom is -0.314 e. The molecular weight excluding hydrogens is 239 g/mol. The van der Waals surface area contributed by atoms with Crippen LogP contribution >= 0.6 is 0 Å². The number of rotatable bonds is 6. The highest BCUT2D eigenvalue weighted by Gasteiger charge is 2.17. The first kappa shape index (κ1) is 14.5. The number of benzene rings is 1. The summed E-state index contributed by atoms with van der Waals surface area (Å²) in [5.41, 5.74) is 1.23. The van der Waals surface area contributed by atoms with Crippen molar-refractivity contribution in [2.24, 2.45) is 0 Å². The molecule has 0 bridgehead atoms. The average molecular weight is 264 g/mol. The van der Waals surface area contributed by atoms with E-state index in [1.165, 1.54) is 37.9 Å². The quantitative estimate of drug-likeness (QED) is 0.850. The molecule has 3 heteroatoms. The maximum Gasteiger partial charge on any atom is 0.123 e. The third-order valence-electron chi connectivity index (χ3n) is 3.90. The Morgan fingerprint density at radius 2 is 1.89 bits per heavy atom. The van der Waals surface area contributed by atoms with Crippen LogP contribution in [-0.2, 0) is 6.42 Å². The molecule has 19 heavy (non-hydrogen) atoms. The molecule has 1 heterocycles. The normalized spacial score (nSPS) is 17.8. The van der Waals surface area contributed by atoms with E-state index in [-0.39, 0.29) is 5.82 Å². The summed E-state index contributed by atoms with van der Waals surface area (Å²) >= 11 is 0. The van der Waals surface area contributed by atoms with Gasteiger partial charge in [0, 0.05) is 12.6 Å². The van der Waals surface area contributed by atoms with Crippen LogP contribution in [0.25, 0.3) is 0 Å². The van der Waals surface area contributed by atoms with Crippen molar-refractivity contribution in [2.75, 3.05) is 26.2 Å². The van der Waals surface area contributed by atoms with Gasteiger partial charge in [0.2, 0.25) is 0 Å². The van der Waals surface area contributed by atoms with Gasteiger partial charge in [0.15, 0.2) is 0 Å². The minimum atomic E-state index is -0.147. The molecule has 0 atom stereocenters. The van der Waals surface area contributed by atoms with Crippen molar-refractivity contribution in [2.45, 2.75) is 38.6 Å². The Balaban J connectivity index is 1.67. The standard InChI is InChI=1S/C16H25FN2/c1-2-10-18-16-8-12-19(13-9-16)11-7-14-3-5-15(17)6-4-14/h3-6,16,18H,2,7-13H2,1H3. The number of hydrogen-bond donors (Lipinski definition) is 1. The minimum absolute atomic E-state index is 0.147. The monoisotopic (exact) mass is 264 g/mol. The molecule has 0 amide bonds. The number of nitrogens with zero attached hydrogens (tertiary/aromatic N) is 1. The van der Waals surface area contributed by atoms with Crippen LogP contribution in [0.4, 0.5) is 4.39 Å². The fourth-order valence-corrected chi connectivity index (χ4v) is 2.65. The molecule has 2 nitrogen and oxygen atoms in total. The second-order valence-corrected chi connectivity index (χ2v) is 5.45. The number of piperidine rings is 1. The number of halogens is 1. The summed E-state index contributed by atoms with van der Waals surface area (Å²) in [6.07, 6.45) is 4.74. The molecular formula is C16H25FN2. The van der Waals surface area contributed by atoms with E-state index in [2.05, 4.69) is 17.1 Å². The highest BCUT2D eigenvalue weighted by Crippen LogP contribution is 2.12. The van der Waals surface area contributed by atoms with E-state index >= 15 is 0 Å². The van der Waals surface area contributed by atoms with Gasteiger partial charge < -0.3 is 10.2 Å². The fraction of sp³-hybridized carbons (Fsp3) is 0.625. The predicted molar refractivity (Wildman–Crippen MR) is 77.9 cm³/mol. The number of likely N-dealkylation sites (tertiary alicyclic amines) is 1. The van der Waals surface area contributed by atoms with Gasteiger partial charge in [0.25, 0.3) is 0 Å². The van der Waals surface area contributed by atoms with E-state index in [4.69, 9.17) is 0 Å². The van der Waals surface area contributed by atoms with Crippen LogP contribution < -0.4 is 5.32 Å². The van der Waals surface area contributed by atoms with Gasteiger partial charge in [-0.2, -0.15) is 0 Å². The van der Waals surface area contributed by atoms with Crippen molar-refractivity contribution in [3.63, 3.8) is 0 Å². The maximum atomic E-state index is 12.8. The van der Waals surface area contributed by atoms with Crippen LogP contribution in [0.2, 0.25) is 0 Å². The summed E-state index contributed by atoms with van der Waals surface area (Å²) in [6, 6.07) is 7.60. The van der Waals surface area contributed by atoms with Gasteiger partial charge in [-0.1, -0.05) is 19.1 Å². The van der Waals surface area contributed by atoms with E-state index in [0.29, 0.717) is 6.04 Å². The summed E-state index contributed by atoms with van der Waals surface area (Å²) in [5.74, 6) is -0.147. The zero-order valence-electron chi connectivity index (χ0n) is 11.9. The highest BCUT2D eigenvalue weighted by molar-refractivity contribution is 5.16. The maximum absolute atomic E-state index is 12.8. The molecule has 0 radical (unpaired) electrons. The molecule has 1 aromatic rings. The van der Waals surface area contributed by atoms with Gasteiger partial charge in [-0.25, -0.2) is 4.39 Å². The smallest absolute Gasteiger partial charge is 0.123 e. The molecule has 1 aliphatic rings. The third-order valence-corrected chi connectivity index (χ3v) is 3.90. The first-order valence-corrected chi connectivity index (χ1v) is 7.48. The lowest BCUT2D eigenvalue weighted by atomic mass is 10.0. The van der Waals surface area contributed by atoms with Gasteiger partial charge in [-0.15, -0.1) is 0 Å². The molecule has 1 saturated heterocycles. The highest BCUT2D eigenvalue weighted by atomic mass is 19.1. The van der Waals surface area contributed by atoms with Crippen molar-refractivity contribution in [1.82, 2.24) is 10.2 Å². The van der Waals surface area contributed by atoms with E-state index < -0.39 is 0 Å². The van der Waals surface area contributed by atoms with Crippen molar-refractivity contribution >= 4 is 0 Å². The summed E-state index contributed by atoms with van der Waals surface area (Å²) in [4.78, 5) is 2.52. The summed E-state index contributed by atoms with van der Waals surface area (Å²) in [7, 11) is 0. The molecule has 0 spiro atoms. The van der Waals surface area contributed by atoms with E-state index in [9.17, 15) is 4.39 Å². The van der Waals surface area contributed by atoms with E-state index in [0.717, 1.165) is 19.5 Å². The largest absolute Gasteiger partial charge is 0.314 e. The average Bonchev–Trinajstić information content (AvgIpc) is 2.46. The molecule has 1 aliphatic heterocycles. The van der Waals surface area contributed by atoms with Crippen LogP contribution in [0.3, 0.4) is 0 Å². The van der Waals surface area contributed by atoms with Crippen LogP contribution in [0.15, 0.2) is 24.3 Å². The zero-order chi connectivity index (χ0) is 13.5. The lowest BCUT2D eigenvalue weighted by molar-refractivity contribution is 0.200. The van der Waals surface area contributed by atoms with E-state index in [1.807, 2.05) is 12.1 Å². The Morgan fingerprint density at radius 1 is 1.21 bits per heavy atom. The first-order valence-electron chi connectivity index (χ1n) is 7.48. The van der Waals surface area contributed by atoms with Crippen LogP contribution in [-0.4, -0.2) is 37.1 Å². The SMILES string of the molecule is CCCNC1CCN(CCc2ccc(F)cc2)CC1. The molecule has 0 aromatic heterocycles. The van der Waals surface area contributed by atoms with Gasteiger partial charge in [-0.05, 0) is 63.0 Å². The lowest BCUT2D eigenvalue weighted by Crippen LogP contribution is -2.43. The van der Waals surface area contributed by atoms with Crippen molar-refractivity contribution in [3.8, 4) is 0 Å². The number of nitrogens with one attached hydrogen (secondary N) is 1. The second-order valence-electron chi connectivity index (χ2n) is 5.45. The molecule has 1 aromatic carbocycles. The number of hydrogen-bond acceptors (Lipinski definition) is 2. The molecule has 0 saturated carbocycles. The Hall–Kier alpha value is -0.930. The Bertz CT molecular complexity index is 356. The predicted octanol–water partition coefficient (Wildman–Crippen LogP) is 2.83. The fourth-order valence-electron chi connectivity index (χ4n) is 2.65. The molecule has 0 aliphatic carbocycles. The molecule has 106 valence electrons. The molecule has 0 unspecified atom stereocenters.